The van der Waals surface area contributed by atoms with Crippen molar-refractivity contribution in [1.29, 1.82) is 0 Å². The van der Waals surface area contributed by atoms with Crippen LogP contribution in [0.2, 0.25) is 0 Å². The minimum atomic E-state index is -0.924. The van der Waals surface area contributed by atoms with Crippen molar-refractivity contribution in [2.45, 2.75) is 51.9 Å². The van der Waals surface area contributed by atoms with Crippen molar-refractivity contribution in [2.75, 3.05) is 11.9 Å². The first kappa shape index (κ1) is 20.1. The fourth-order valence-electron chi connectivity index (χ4n) is 5.03. The minimum Gasteiger partial charge on any atom is -0.481 e. The molecule has 0 unspecified atom stereocenters. The molecular formula is C22H27NO5S. The maximum Gasteiger partial charge on any atom is 0.341 e. The van der Waals surface area contributed by atoms with E-state index in [1.807, 2.05) is 19.1 Å². The number of aliphatic carboxylic acids is 1. The van der Waals surface area contributed by atoms with Crippen molar-refractivity contribution in [3.63, 3.8) is 0 Å². The van der Waals surface area contributed by atoms with E-state index in [0.29, 0.717) is 23.6 Å². The van der Waals surface area contributed by atoms with Crippen LogP contribution in [-0.4, -0.2) is 29.6 Å². The molecule has 0 aromatic carbocycles. The highest BCUT2D eigenvalue weighted by Crippen LogP contribution is 2.49. The van der Waals surface area contributed by atoms with E-state index >= 15 is 0 Å². The first-order valence-corrected chi connectivity index (χ1v) is 11.4. The maximum absolute atomic E-state index is 13.1. The molecule has 4 rings (SSSR count). The lowest BCUT2D eigenvalue weighted by Gasteiger charge is -2.23. The van der Waals surface area contributed by atoms with E-state index in [0.717, 1.165) is 49.0 Å². The highest BCUT2D eigenvalue weighted by Gasteiger charge is 2.51. The third-order valence-corrected chi connectivity index (χ3v) is 7.55. The second-order valence-electron chi connectivity index (χ2n) is 8.23. The van der Waals surface area contributed by atoms with Crippen molar-refractivity contribution >= 4 is 34.2 Å². The van der Waals surface area contributed by atoms with Crippen LogP contribution in [0.1, 0.15) is 59.8 Å². The Balaban J connectivity index is 1.62. The van der Waals surface area contributed by atoms with Crippen LogP contribution in [0.15, 0.2) is 12.2 Å². The second-order valence-corrected chi connectivity index (χ2v) is 9.34. The van der Waals surface area contributed by atoms with Gasteiger partial charge in [-0.05, 0) is 55.9 Å². The first-order chi connectivity index (χ1) is 14.0. The van der Waals surface area contributed by atoms with Crippen LogP contribution in [0.4, 0.5) is 5.00 Å². The van der Waals surface area contributed by atoms with Crippen LogP contribution in [0, 0.1) is 23.7 Å². The van der Waals surface area contributed by atoms with Gasteiger partial charge in [-0.2, -0.15) is 0 Å². The highest BCUT2D eigenvalue weighted by atomic mass is 32.1. The number of aryl methyl sites for hydroxylation is 1. The number of esters is 1. The number of allylic oxidation sites excluding steroid dienone is 2. The molecular weight excluding hydrogens is 390 g/mol. The van der Waals surface area contributed by atoms with E-state index < -0.39 is 17.8 Å². The molecule has 7 heteroatoms. The summed E-state index contributed by atoms with van der Waals surface area (Å²) in [4.78, 5) is 38.8. The van der Waals surface area contributed by atoms with Gasteiger partial charge in [0.1, 0.15) is 5.00 Å². The predicted molar refractivity (Wildman–Crippen MR) is 110 cm³/mol. The Bertz CT molecular complexity index is 858. The van der Waals surface area contributed by atoms with Crippen molar-refractivity contribution < 1.29 is 24.2 Å². The summed E-state index contributed by atoms with van der Waals surface area (Å²) >= 11 is 1.46. The van der Waals surface area contributed by atoms with E-state index in [-0.39, 0.29) is 23.7 Å². The predicted octanol–water partition coefficient (Wildman–Crippen LogP) is 4.05. The van der Waals surface area contributed by atoms with Crippen molar-refractivity contribution in [1.82, 2.24) is 0 Å². The number of amides is 1. The number of thiophene rings is 1. The molecule has 2 bridgehead atoms. The maximum atomic E-state index is 13.1. The van der Waals surface area contributed by atoms with Crippen LogP contribution >= 0.6 is 11.3 Å². The Kier molecular flexibility index (Phi) is 5.76. The van der Waals surface area contributed by atoms with Gasteiger partial charge in [0, 0.05) is 4.88 Å². The third kappa shape index (κ3) is 3.72. The van der Waals surface area contributed by atoms with Gasteiger partial charge in [-0.3, -0.25) is 9.59 Å². The van der Waals surface area contributed by atoms with Crippen LogP contribution in [0.25, 0.3) is 0 Å². The highest BCUT2D eigenvalue weighted by molar-refractivity contribution is 7.17. The zero-order valence-electron chi connectivity index (χ0n) is 16.6. The molecule has 1 saturated carbocycles. The summed E-state index contributed by atoms with van der Waals surface area (Å²) in [6.45, 7) is 2.29. The Morgan fingerprint density at radius 2 is 1.86 bits per heavy atom. The lowest BCUT2D eigenvalue weighted by molar-refractivity contribution is -0.146. The Hall–Kier alpha value is -2.15. The van der Waals surface area contributed by atoms with Crippen molar-refractivity contribution in [3.8, 4) is 0 Å². The van der Waals surface area contributed by atoms with Gasteiger partial charge in [-0.15, -0.1) is 11.3 Å². The van der Waals surface area contributed by atoms with Gasteiger partial charge >= 0.3 is 11.9 Å². The molecule has 2 N–H and O–H groups in total. The summed E-state index contributed by atoms with van der Waals surface area (Å²) in [6.07, 6.45) is 10.3. The van der Waals surface area contributed by atoms with Crippen LogP contribution in [-0.2, 0) is 27.2 Å². The number of carboxylic acids is 1. The van der Waals surface area contributed by atoms with Gasteiger partial charge in [0.05, 0.1) is 24.0 Å². The molecule has 29 heavy (non-hydrogen) atoms. The zero-order valence-corrected chi connectivity index (χ0v) is 17.4. The molecule has 6 nitrogen and oxygen atoms in total. The summed E-state index contributed by atoms with van der Waals surface area (Å²) in [5.41, 5.74) is 1.49. The van der Waals surface area contributed by atoms with Gasteiger partial charge in [-0.25, -0.2) is 4.79 Å². The van der Waals surface area contributed by atoms with Crippen LogP contribution in [0.5, 0.6) is 0 Å². The molecule has 3 aliphatic rings. The van der Waals surface area contributed by atoms with E-state index in [1.165, 1.54) is 11.3 Å². The number of nitrogens with one attached hydrogen (secondary N) is 1. The molecule has 1 fully saturated rings. The zero-order chi connectivity index (χ0) is 20.5. The molecule has 3 aliphatic carbocycles. The first-order valence-electron chi connectivity index (χ1n) is 10.5. The fourth-order valence-corrected chi connectivity index (χ4v) is 6.31. The normalized spacial score (nSPS) is 27.3. The minimum absolute atomic E-state index is 0.0469. The molecule has 4 atom stereocenters. The van der Waals surface area contributed by atoms with E-state index in [4.69, 9.17) is 4.74 Å². The summed E-state index contributed by atoms with van der Waals surface area (Å²) in [5.74, 6) is -3.02. The van der Waals surface area contributed by atoms with Gasteiger partial charge in [-0.1, -0.05) is 25.5 Å². The molecule has 1 heterocycles. The number of hydrogen-bond acceptors (Lipinski definition) is 5. The number of anilines is 1. The van der Waals surface area contributed by atoms with E-state index in [1.54, 1.807) is 0 Å². The molecule has 1 amide bonds. The van der Waals surface area contributed by atoms with Gasteiger partial charge < -0.3 is 15.2 Å². The average molecular weight is 418 g/mol. The molecule has 0 spiro atoms. The SMILES string of the molecule is CCCOC(=O)c1c(NC(=O)[C@H]2[C@@H](C(=O)O)[C@H]3C=C[C@@H]2C3)sc2c1CCCCC2. The Labute approximate surface area is 174 Å². The fraction of sp³-hybridized carbons (Fsp3) is 0.591. The number of carboxylic acid groups (broad SMARTS) is 1. The lowest BCUT2D eigenvalue weighted by Crippen LogP contribution is -2.36. The molecule has 1 aromatic rings. The smallest absolute Gasteiger partial charge is 0.341 e. The molecule has 156 valence electrons. The molecule has 0 aliphatic heterocycles. The largest absolute Gasteiger partial charge is 0.481 e. The summed E-state index contributed by atoms with van der Waals surface area (Å²) in [7, 11) is 0. The number of ether oxygens (including phenoxy) is 1. The monoisotopic (exact) mass is 417 g/mol. The van der Waals surface area contributed by atoms with Gasteiger partial charge in [0.2, 0.25) is 5.91 Å². The average Bonchev–Trinajstić information content (AvgIpc) is 3.35. The molecule has 0 saturated heterocycles. The number of carbonyl (C=O) groups is 3. The number of carbonyl (C=O) groups excluding carboxylic acids is 2. The topological polar surface area (TPSA) is 92.7 Å². The molecule has 1 aromatic heterocycles. The number of hydrogen-bond donors (Lipinski definition) is 2. The van der Waals surface area contributed by atoms with Crippen LogP contribution < -0.4 is 5.32 Å². The quantitative estimate of drug-likeness (QED) is 0.414. The Morgan fingerprint density at radius 1 is 1.14 bits per heavy atom. The number of fused-ring (bicyclic) bond motifs is 3. The molecule has 0 radical (unpaired) electrons. The van der Waals surface area contributed by atoms with Crippen molar-refractivity contribution in [3.05, 3.63) is 28.2 Å². The number of rotatable bonds is 6. The van der Waals surface area contributed by atoms with Gasteiger partial charge in [0.15, 0.2) is 0 Å². The summed E-state index contributed by atoms with van der Waals surface area (Å²) in [6, 6.07) is 0. The third-order valence-electron chi connectivity index (χ3n) is 6.35. The lowest BCUT2D eigenvalue weighted by atomic mass is 9.82. The second kappa shape index (κ2) is 8.30. The van der Waals surface area contributed by atoms with Crippen LogP contribution in [0.3, 0.4) is 0 Å². The summed E-state index contributed by atoms with van der Waals surface area (Å²) < 4.78 is 5.41. The Morgan fingerprint density at radius 3 is 2.59 bits per heavy atom. The summed E-state index contributed by atoms with van der Waals surface area (Å²) in [5, 5.41) is 13.1. The standard InChI is InChI=1S/C22H27NO5S/c1-2-10-28-22(27)18-14-6-4-3-5-7-15(14)29-20(18)23-19(24)16-12-8-9-13(11-12)17(16)21(25)26/h8-9,12-13,16-17H,2-7,10-11H2,1H3,(H,23,24)(H,25,26)/t12-,13+,16-,17+/m1/s1. The van der Waals surface area contributed by atoms with Gasteiger partial charge in [0.25, 0.3) is 0 Å². The van der Waals surface area contributed by atoms with Crippen molar-refractivity contribution in [2.24, 2.45) is 23.7 Å². The van der Waals surface area contributed by atoms with E-state index in [9.17, 15) is 19.5 Å². The van der Waals surface area contributed by atoms with E-state index in [2.05, 4.69) is 5.32 Å².